The summed E-state index contributed by atoms with van der Waals surface area (Å²) >= 11 is 0. The smallest absolute Gasteiger partial charge is 0.251 e. The molecule has 2 rings (SSSR count). The van der Waals surface area contributed by atoms with Gasteiger partial charge in [0.1, 0.15) is 0 Å². The number of rotatable bonds is 8. The Morgan fingerprint density at radius 1 is 1.12 bits per heavy atom. The highest BCUT2D eigenvalue weighted by Crippen LogP contribution is 2.17. The lowest BCUT2D eigenvalue weighted by molar-refractivity contribution is 0.0953. The first-order valence-electron chi connectivity index (χ1n) is 9.52. The average Bonchev–Trinajstić information content (AvgIpc) is 2.86. The molecule has 1 aliphatic rings. The van der Waals surface area contributed by atoms with Gasteiger partial charge in [-0.1, -0.05) is 31.7 Å². The van der Waals surface area contributed by atoms with Crippen molar-refractivity contribution in [3.05, 3.63) is 29.8 Å². The van der Waals surface area contributed by atoms with Gasteiger partial charge in [0, 0.05) is 30.7 Å². The minimum absolute atomic E-state index is 0.107. The Morgan fingerprint density at radius 3 is 2.46 bits per heavy atom. The standard InChI is InChI=1S/C19H31N3O3S/c1-15(2)22-26(24,25)18-11-7-8-16(14-18)19(23)21-13-12-20-17-9-5-3-4-6-10-17/h7-8,11,14-15,17,20,22H,3-6,9-10,12-13H2,1-2H3,(H,21,23). The molecule has 0 aromatic heterocycles. The average molecular weight is 382 g/mol. The van der Waals surface area contributed by atoms with Gasteiger partial charge in [0.15, 0.2) is 0 Å². The number of amides is 1. The quantitative estimate of drug-likeness (QED) is 0.477. The summed E-state index contributed by atoms with van der Waals surface area (Å²) in [5, 5.41) is 6.36. The van der Waals surface area contributed by atoms with E-state index in [2.05, 4.69) is 15.4 Å². The molecule has 1 saturated carbocycles. The fraction of sp³-hybridized carbons (Fsp3) is 0.632. The van der Waals surface area contributed by atoms with Crippen molar-refractivity contribution in [3.63, 3.8) is 0 Å². The predicted octanol–water partition coefficient (Wildman–Crippen LogP) is 2.42. The lowest BCUT2D eigenvalue weighted by Gasteiger charge is -2.16. The zero-order chi connectivity index (χ0) is 19.0. The second-order valence-electron chi connectivity index (χ2n) is 7.20. The molecule has 0 heterocycles. The summed E-state index contributed by atoms with van der Waals surface area (Å²) in [5.41, 5.74) is 0.353. The number of carbonyl (C=O) groups excluding carboxylic acids is 1. The molecule has 7 heteroatoms. The molecule has 0 aliphatic heterocycles. The van der Waals surface area contributed by atoms with Crippen LogP contribution in [0.2, 0.25) is 0 Å². The topological polar surface area (TPSA) is 87.3 Å². The van der Waals surface area contributed by atoms with Gasteiger partial charge in [0.2, 0.25) is 10.0 Å². The third kappa shape index (κ3) is 6.70. The van der Waals surface area contributed by atoms with Gasteiger partial charge in [-0.15, -0.1) is 0 Å². The molecule has 1 aromatic rings. The third-order valence-electron chi connectivity index (χ3n) is 4.50. The predicted molar refractivity (Wildman–Crippen MR) is 104 cm³/mol. The highest BCUT2D eigenvalue weighted by molar-refractivity contribution is 7.89. The van der Waals surface area contributed by atoms with Gasteiger partial charge in [0.25, 0.3) is 5.91 Å². The van der Waals surface area contributed by atoms with Crippen LogP contribution in [0, 0.1) is 0 Å². The first kappa shape index (κ1) is 20.9. The van der Waals surface area contributed by atoms with Crippen LogP contribution in [0.5, 0.6) is 0 Å². The van der Waals surface area contributed by atoms with Crippen molar-refractivity contribution in [2.45, 2.75) is 69.4 Å². The minimum Gasteiger partial charge on any atom is -0.351 e. The van der Waals surface area contributed by atoms with Crippen molar-refractivity contribution in [2.24, 2.45) is 0 Å². The van der Waals surface area contributed by atoms with E-state index in [9.17, 15) is 13.2 Å². The maximum Gasteiger partial charge on any atom is 0.251 e. The molecule has 1 fully saturated rings. The maximum absolute atomic E-state index is 12.3. The molecule has 1 amide bonds. The van der Waals surface area contributed by atoms with Crippen molar-refractivity contribution in [1.29, 1.82) is 0 Å². The van der Waals surface area contributed by atoms with Gasteiger partial charge in [-0.2, -0.15) is 0 Å². The lowest BCUT2D eigenvalue weighted by Crippen LogP contribution is -2.37. The molecule has 0 unspecified atom stereocenters. The molecular weight excluding hydrogens is 350 g/mol. The van der Waals surface area contributed by atoms with Crippen molar-refractivity contribution >= 4 is 15.9 Å². The van der Waals surface area contributed by atoms with Gasteiger partial charge in [0.05, 0.1) is 4.90 Å². The van der Waals surface area contributed by atoms with Crippen LogP contribution in [0.4, 0.5) is 0 Å². The molecule has 0 spiro atoms. The molecular formula is C19H31N3O3S. The van der Waals surface area contributed by atoms with Crippen LogP contribution >= 0.6 is 0 Å². The van der Waals surface area contributed by atoms with Gasteiger partial charge in [-0.25, -0.2) is 13.1 Å². The molecule has 26 heavy (non-hydrogen) atoms. The highest BCUT2D eigenvalue weighted by atomic mass is 32.2. The van der Waals surface area contributed by atoms with E-state index in [1.54, 1.807) is 26.0 Å². The van der Waals surface area contributed by atoms with Crippen LogP contribution < -0.4 is 15.4 Å². The van der Waals surface area contributed by atoms with Crippen molar-refractivity contribution < 1.29 is 13.2 Å². The number of benzene rings is 1. The Labute approximate surface area is 157 Å². The van der Waals surface area contributed by atoms with E-state index >= 15 is 0 Å². The SMILES string of the molecule is CC(C)NS(=O)(=O)c1cccc(C(=O)NCCNC2CCCCCC2)c1. The molecule has 3 N–H and O–H groups in total. The Kier molecular flexibility index (Phi) is 8.06. The largest absolute Gasteiger partial charge is 0.351 e. The normalized spacial score (nSPS) is 16.4. The summed E-state index contributed by atoms with van der Waals surface area (Å²) in [6, 6.07) is 6.47. The van der Waals surface area contributed by atoms with Crippen LogP contribution in [0.1, 0.15) is 62.7 Å². The summed E-state index contributed by atoms with van der Waals surface area (Å²) in [6.07, 6.45) is 7.60. The Balaban J connectivity index is 1.84. The maximum atomic E-state index is 12.3. The van der Waals surface area contributed by atoms with Gasteiger partial charge >= 0.3 is 0 Å². The summed E-state index contributed by atoms with van der Waals surface area (Å²) in [5.74, 6) is -0.255. The molecule has 1 aliphatic carbocycles. The first-order chi connectivity index (χ1) is 12.4. The number of hydrogen-bond donors (Lipinski definition) is 3. The number of sulfonamides is 1. The summed E-state index contributed by atoms with van der Waals surface area (Å²) < 4.78 is 27.0. The van der Waals surface area contributed by atoms with Gasteiger partial charge in [-0.05, 0) is 44.9 Å². The Morgan fingerprint density at radius 2 is 1.81 bits per heavy atom. The van der Waals surface area contributed by atoms with Gasteiger partial charge < -0.3 is 10.6 Å². The highest BCUT2D eigenvalue weighted by Gasteiger charge is 2.17. The molecule has 0 bridgehead atoms. The van der Waals surface area contributed by atoms with E-state index in [1.165, 1.54) is 50.7 Å². The van der Waals surface area contributed by atoms with E-state index in [-0.39, 0.29) is 16.8 Å². The van der Waals surface area contributed by atoms with Crippen LogP contribution in [0.15, 0.2) is 29.2 Å². The molecule has 6 nitrogen and oxygen atoms in total. The van der Waals surface area contributed by atoms with E-state index in [4.69, 9.17) is 0 Å². The minimum atomic E-state index is -3.60. The van der Waals surface area contributed by atoms with E-state index < -0.39 is 10.0 Å². The van der Waals surface area contributed by atoms with E-state index in [0.29, 0.717) is 18.2 Å². The monoisotopic (exact) mass is 381 g/mol. The zero-order valence-electron chi connectivity index (χ0n) is 15.8. The fourth-order valence-electron chi connectivity index (χ4n) is 3.22. The Hall–Kier alpha value is -1.44. The number of carbonyl (C=O) groups is 1. The van der Waals surface area contributed by atoms with Crippen LogP contribution in [0.3, 0.4) is 0 Å². The molecule has 0 atom stereocenters. The second kappa shape index (κ2) is 10.0. The third-order valence-corrected chi connectivity index (χ3v) is 6.15. The molecule has 0 saturated heterocycles. The van der Waals surface area contributed by atoms with Crippen LogP contribution in [0.25, 0.3) is 0 Å². The molecule has 146 valence electrons. The molecule has 0 radical (unpaired) electrons. The Bertz CT molecular complexity index is 681. The summed E-state index contributed by atoms with van der Waals surface area (Å²) in [4.78, 5) is 12.4. The molecule has 1 aromatic carbocycles. The van der Waals surface area contributed by atoms with E-state index in [0.717, 1.165) is 6.54 Å². The van der Waals surface area contributed by atoms with Crippen molar-refractivity contribution in [1.82, 2.24) is 15.4 Å². The zero-order valence-corrected chi connectivity index (χ0v) is 16.6. The van der Waals surface area contributed by atoms with Crippen molar-refractivity contribution in [3.8, 4) is 0 Å². The number of hydrogen-bond acceptors (Lipinski definition) is 4. The number of nitrogens with one attached hydrogen (secondary N) is 3. The lowest BCUT2D eigenvalue weighted by atomic mass is 10.1. The fourth-order valence-corrected chi connectivity index (χ4v) is 4.52. The van der Waals surface area contributed by atoms with E-state index in [1.807, 2.05) is 0 Å². The summed E-state index contributed by atoms with van der Waals surface area (Å²) in [7, 11) is -3.60. The van der Waals surface area contributed by atoms with Gasteiger partial charge in [-0.3, -0.25) is 4.79 Å². The van der Waals surface area contributed by atoms with Crippen LogP contribution in [-0.2, 0) is 10.0 Å². The first-order valence-corrected chi connectivity index (χ1v) is 11.0. The van der Waals surface area contributed by atoms with Crippen LogP contribution in [-0.4, -0.2) is 39.5 Å². The van der Waals surface area contributed by atoms with Crippen molar-refractivity contribution in [2.75, 3.05) is 13.1 Å². The summed E-state index contributed by atoms with van der Waals surface area (Å²) in [6.45, 7) is 4.77. The second-order valence-corrected chi connectivity index (χ2v) is 8.92.